The maximum Gasteiger partial charge on any atom is 0.408 e. The van der Waals surface area contributed by atoms with Crippen LogP contribution in [0, 0.1) is 33.8 Å². The first-order valence-corrected chi connectivity index (χ1v) is 22.6. The molecule has 0 radical (unpaired) electrons. The summed E-state index contributed by atoms with van der Waals surface area (Å²) in [6.07, 6.45) is -9.53. The second-order valence-corrected chi connectivity index (χ2v) is 20.9. The van der Waals surface area contributed by atoms with Crippen molar-refractivity contribution in [2.75, 3.05) is 19.7 Å². The van der Waals surface area contributed by atoms with E-state index in [9.17, 15) is 39.6 Å². The maximum atomic E-state index is 15.6. The number of aliphatic hydroxyl groups is 3. The quantitative estimate of drug-likeness (QED) is 0.0720. The molecule has 2 aliphatic heterocycles. The first kappa shape index (κ1) is 49.2. The van der Waals surface area contributed by atoms with Gasteiger partial charge in [-0.2, -0.15) is 4.84 Å². The number of rotatable bonds is 10. The fourth-order valence-electron chi connectivity index (χ4n) is 12.0. The van der Waals surface area contributed by atoms with E-state index in [1.54, 1.807) is 66.7 Å². The van der Waals surface area contributed by atoms with Gasteiger partial charge >= 0.3 is 24.0 Å². The largest absolute Gasteiger partial charge is 0.598 e. The molecule has 0 aromatic heterocycles. The molecule has 66 heavy (non-hydrogen) atoms. The number of hydrogen-bond acceptors (Lipinski definition) is 14. The number of amides is 1. The van der Waals surface area contributed by atoms with E-state index in [2.05, 4.69) is 5.32 Å². The number of piperidine rings is 1. The summed E-state index contributed by atoms with van der Waals surface area (Å²) in [6, 6.07) is 17.1. The summed E-state index contributed by atoms with van der Waals surface area (Å²) in [4.78, 5) is 74.6. The van der Waals surface area contributed by atoms with Gasteiger partial charge in [-0.15, -0.1) is 0 Å². The number of nitrogens with one attached hydrogen (secondary N) is 1. The van der Waals surface area contributed by atoms with Crippen LogP contribution in [-0.4, -0.2) is 128 Å². The third-order valence-electron chi connectivity index (χ3n) is 15.4. The van der Waals surface area contributed by atoms with Crippen molar-refractivity contribution >= 4 is 29.8 Å². The number of esters is 2. The van der Waals surface area contributed by atoms with Gasteiger partial charge in [0.1, 0.15) is 54.2 Å². The molecule has 17 nitrogen and oxygen atoms in total. The van der Waals surface area contributed by atoms with Gasteiger partial charge in [0, 0.05) is 31.6 Å². The number of carboxylic acid groups (broad SMARTS) is 1. The number of ether oxygens (including phenoxy) is 4. The molecule has 4 fully saturated rings. The molecule has 7 rings (SSSR count). The first-order chi connectivity index (χ1) is 30.7. The maximum absolute atomic E-state index is 15.6. The Morgan fingerprint density at radius 3 is 2.20 bits per heavy atom. The molecule has 2 saturated heterocycles. The number of fused-ring (bicyclic) bond motifs is 5. The molecule has 17 heteroatoms. The van der Waals surface area contributed by atoms with Gasteiger partial charge in [0.25, 0.3) is 0 Å². The molecule has 2 heterocycles. The first-order valence-electron chi connectivity index (χ1n) is 22.6. The zero-order valence-corrected chi connectivity index (χ0v) is 39.1. The van der Waals surface area contributed by atoms with E-state index >= 15 is 10.0 Å². The molecule has 5 N–H and O–H groups in total. The Morgan fingerprint density at radius 1 is 1.02 bits per heavy atom. The van der Waals surface area contributed by atoms with E-state index in [0.29, 0.717) is 0 Å². The molecule has 3 aliphatic carbocycles. The predicted molar refractivity (Wildman–Crippen MR) is 235 cm³/mol. The topological polar surface area (TPSA) is 248 Å². The summed E-state index contributed by atoms with van der Waals surface area (Å²) in [5.74, 6) is -7.41. The fraction of sp³-hybridized carbons (Fsp3) is 0.612. The smallest absolute Gasteiger partial charge is 0.408 e. The number of aliphatic hydroxyl groups excluding tert-OH is 2. The number of alkyl carbamates (subject to hydrolysis) is 1. The Kier molecular flexibility index (Phi) is 12.7. The number of hydroxylamine groups is 4. The van der Waals surface area contributed by atoms with Crippen molar-refractivity contribution in [2.45, 2.75) is 141 Å². The van der Waals surface area contributed by atoms with E-state index < -0.39 is 136 Å². The number of benzene rings is 2. The van der Waals surface area contributed by atoms with Gasteiger partial charge in [0.15, 0.2) is 11.4 Å². The van der Waals surface area contributed by atoms with Crippen LogP contribution < -0.4 is 5.32 Å². The van der Waals surface area contributed by atoms with Gasteiger partial charge in [-0.3, -0.25) is 14.4 Å². The van der Waals surface area contributed by atoms with Crippen LogP contribution in [-0.2, 0) is 44.6 Å². The Hall–Kier alpha value is -4.75. The molecule has 3 unspecified atom stereocenters. The number of quaternary nitrogens is 1. The van der Waals surface area contributed by atoms with Crippen molar-refractivity contribution in [3.63, 3.8) is 0 Å². The van der Waals surface area contributed by atoms with Gasteiger partial charge in [-0.25, -0.2) is 14.4 Å². The second-order valence-electron chi connectivity index (χ2n) is 20.9. The fourth-order valence-corrected chi connectivity index (χ4v) is 12.0. The average Bonchev–Trinajstić information content (AvgIpc) is 3.21. The lowest BCUT2D eigenvalue weighted by Crippen LogP contribution is -2.82. The summed E-state index contributed by atoms with van der Waals surface area (Å²) >= 11 is 0. The minimum absolute atomic E-state index is 0.0463. The molecule has 0 spiro atoms. The van der Waals surface area contributed by atoms with Crippen LogP contribution >= 0.6 is 0 Å². The summed E-state index contributed by atoms with van der Waals surface area (Å²) < 4.78 is 24.0. The standard InChI is InChI=1S/C49H64N2O15/c1-27(22-30-16-12-10-13-17-30)47(50-43(59)65-44(4,5)6)25-51(61,21-20-32(47)41(56)57)66-33-24-49(60)40(63-42(58)31-18-14-11-15-19-31)38-46(9,39(55)37(54)36(28(33)2)45(49,7)8)34(53)23-35-48(38,26-62-35)64-29(3)52/h10-19,27,32-35,37-38,40,53-54,60H,20-26H2,1-9H3,(H,50,59)(H,56,57)/t27?,32?,33-,34-,35+,37+,38-,40-,46+,47-,48-,49+,51?/m0/s1. The lowest BCUT2D eigenvalue weighted by molar-refractivity contribution is -1.08. The van der Waals surface area contributed by atoms with E-state index in [0.717, 1.165) is 12.5 Å². The second kappa shape index (κ2) is 17.1. The molecule has 2 bridgehead atoms. The van der Waals surface area contributed by atoms with Crippen LogP contribution in [0.1, 0.15) is 97.5 Å². The molecule has 2 saturated carbocycles. The average molecular weight is 921 g/mol. The number of Topliss-reactive ketones (excluding diaryl/α,β-unsaturated/α-hetero) is 1. The minimum Gasteiger partial charge on any atom is -0.598 e. The van der Waals surface area contributed by atoms with Crippen molar-refractivity contribution in [3.8, 4) is 0 Å². The van der Waals surface area contributed by atoms with Gasteiger partial charge in [-0.1, -0.05) is 69.3 Å². The normalized spacial score (nSPS) is 37.7. The lowest BCUT2D eigenvalue weighted by Gasteiger charge is -2.67. The van der Waals surface area contributed by atoms with E-state index in [1.165, 1.54) is 19.1 Å². The highest BCUT2D eigenvalue weighted by Gasteiger charge is 2.78. The zero-order chi connectivity index (χ0) is 48.6. The van der Waals surface area contributed by atoms with Crippen LogP contribution in [0.15, 0.2) is 71.8 Å². The van der Waals surface area contributed by atoms with Gasteiger partial charge in [-0.05, 0) is 75.8 Å². The van der Waals surface area contributed by atoms with Crippen LogP contribution in [0.25, 0.3) is 0 Å². The van der Waals surface area contributed by atoms with Gasteiger partial charge < -0.3 is 49.9 Å². The molecule has 13 atom stereocenters. The summed E-state index contributed by atoms with van der Waals surface area (Å²) in [6.45, 7) is 12.6. The molecule has 2 aromatic rings. The zero-order valence-electron chi connectivity index (χ0n) is 39.1. The summed E-state index contributed by atoms with van der Waals surface area (Å²) in [7, 11) is 0. The monoisotopic (exact) mass is 920 g/mol. The Morgan fingerprint density at radius 2 is 1.64 bits per heavy atom. The molecule has 5 aliphatic rings. The number of carbonyl (C=O) groups excluding carboxylic acids is 4. The van der Waals surface area contributed by atoms with Crippen molar-refractivity contribution < 1.29 is 73.0 Å². The van der Waals surface area contributed by atoms with Crippen LogP contribution in [0.4, 0.5) is 4.79 Å². The number of hydrogen-bond donors (Lipinski definition) is 5. The van der Waals surface area contributed by atoms with Gasteiger partial charge in [0.05, 0.1) is 35.5 Å². The molecule has 1 amide bonds. The highest BCUT2D eigenvalue weighted by Crippen LogP contribution is 2.64. The molecule has 360 valence electrons. The SMILES string of the molecule is CC(=O)O[C@@]12CO[C@@H]1C[C@H](O)[C@@]1(C)C(=O)[C@H](O)C3=C(C)[C@@H](O[N+]4([O-])CCC(C(=O)O)[C@@](NC(=O)OC(C)(C)C)(C(C)Cc5ccccc5)C4)C[C@@](O)([C@@H](OC(=O)c4ccccc4)[C@H]21)C3(C)C. The Labute approximate surface area is 384 Å². The third-order valence-corrected chi connectivity index (χ3v) is 15.4. The van der Waals surface area contributed by atoms with Crippen LogP contribution in [0.2, 0.25) is 0 Å². The minimum atomic E-state index is -2.38. The number of carbonyl (C=O) groups is 5. The van der Waals surface area contributed by atoms with Crippen molar-refractivity contribution in [1.82, 2.24) is 5.32 Å². The highest BCUT2D eigenvalue weighted by atomic mass is 16.9. The Balaban J connectivity index is 1.38. The van der Waals surface area contributed by atoms with Gasteiger partial charge in [0.2, 0.25) is 0 Å². The van der Waals surface area contributed by atoms with Crippen molar-refractivity contribution in [1.29, 1.82) is 0 Å². The number of carboxylic acids is 1. The Bertz CT molecular complexity index is 2260. The van der Waals surface area contributed by atoms with Crippen LogP contribution in [0.3, 0.4) is 0 Å². The number of aliphatic carboxylic acids is 1. The summed E-state index contributed by atoms with van der Waals surface area (Å²) in [5, 5.41) is 67.4. The van der Waals surface area contributed by atoms with E-state index in [-0.39, 0.29) is 42.6 Å². The molecular formula is C49H64N2O15. The van der Waals surface area contributed by atoms with Crippen LogP contribution in [0.5, 0.6) is 0 Å². The van der Waals surface area contributed by atoms with Crippen molar-refractivity contribution in [2.24, 2.45) is 28.6 Å². The number of ketones is 1. The molecular weight excluding hydrogens is 857 g/mol. The number of nitrogens with zero attached hydrogens (tertiary/aromatic N) is 1. The molecule has 2 aromatic carbocycles. The van der Waals surface area contributed by atoms with E-state index in [4.69, 9.17) is 23.8 Å². The van der Waals surface area contributed by atoms with Crippen molar-refractivity contribution in [3.05, 3.63) is 88.1 Å². The van der Waals surface area contributed by atoms with E-state index in [1.807, 2.05) is 30.3 Å². The lowest BCUT2D eigenvalue weighted by atomic mass is 9.44. The highest BCUT2D eigenvalue weighted by molar-refractivity contribution is 5.94. The summed E-state index contributed by atoms with van der Waals surface area (Å²) in [5.41, 5.74) is -9.57. The third kappa shape index (κ3) is 8.13. The predicted octanol–water partition coefficient (Wildman–Crippen LogP) is 4.58.